The number of anilines is 1. The average molecular weight is 311 g/mol. The van der Waals surface area contributed by atoms with Crippen molar-refractivity contribution < 1.29 is 18.4 Å². The smallest absolute Gasteiger partial charge is 0.313 e. The lowest BCUT2D eigenvalue weighted by Crippen LogP contribution is -2.43. The third-order valence-corrected chi connectivity index (χ3v) is 3.79. The van der Waals surface area contributed by atoms with Crippen molar-refractivity contribution in [2.45, 2.75) is 25.8 Å². The van der Waals surface area contributed by atoms with Crippen LogP contribution < -0.4 is 10.6 Å². The van der Waals surface area contributed by atoms with Gasteiger partial charge >= 0.3 is 11.8 Å². The molecule has 0 aromatic heterocycles. The second-order valence-electron chi connectivity index (χ2n) is 5.21. The number of hydrogen-bond donors (Lipinski definition) is 2. The second-order valence-corrected chi connectivity index (χ2v) is 5.21. The molecule has 1 saturated heterocycles. The van der Waals surface area contributed by atoms with Crippen molar-refractivity contribution in [1.29, 1.82) is 0 Å². The van der Waals surface area contributed by atoms with Gasteiger partial charge in [-0.3, -0.25) is 14.5 Å². The molecule has 0 spiro atoms. The van der Waals surface area contributed by atoms with Crippen molar-refractivity contribution in [2.75, 3.05) is 25.0 Å². The molecule has 1 aromatic carbocycles. The van der Waals surface area contributed by atoms with Crippen LogP contribution in [0.3, 0.4) is 0 Å². The van der Waals surface area contributed by atoms with Crippen LogP contribution in [0.15, 0.2) is 18.2 Å². The minimum atomic E-state index is -0.966. The number of amides is 2. The molecule has 1 atom stereocenters. The SMILES string of the molecule is CCN1CCC[C@@H]1CNC(=O)C(=O)Nc1ccc(F)cc1F. The van der Waals surface area contributed by atoms with Gasteiger partial charge in [-0.25, -0.2) is 8.78 Å². The van der Waals surface area contributed by atoms with Crippen molar-refractivity contribution in [3.8, 4) is 0 Å². The van der Waals surface area contributed by atoms with E-state index in [1.165, 1.54) is 0 Å². The molecule has 2 N–H and O–H groups in total. The van der Waals surface area contributed by atoms with Gasteiger partial charge in [0.05, 0.1) is 5.69 Å². The maximum atomic E-state index is 13.4. The summed E-state index contributed by atoms with van der Waals surface area (Å²) in [7, 11) is 0. The van der Waals surface area contributed by atoms with Crippen molar-refractivity contribution in [1.82, 2.24) is 10.2 Å². The number of nitrogens with one attached hydrogen (secondary N) is 2. The molecule has 5 nitrogen and oxygen atoms in total. The summed E-state index contributed by atoms with van der Waals surface area (Å²) in [6, 6.07) is 2.95. The fourth-order valence-electron chi connectivity index (χ4n) is 2.60. The van der Waals surface area contributed by atoms with Gasteiger partial charge in [-0.15, -0.1) is 0 Å². The van der Waals surface area contributed by atoms with Gasteiger partial charge in [0, 0.05) is 18.7 Å². The van der Waals surface area contributed by atoms with Crippen LogP contribution in [-0.4, -0.2) is 42.4 Å². The van der Waals surface area contributed by atoms with E-state index in [-0.39, 0.29) is 11.7 Å². The highest BCUT2D eigenvalue weighted by molar-refractivity contribution is 6.39. The molecule has 0 aliphatic carbocycles. The van der Waals surface area contributed by atoms with Gasteiger partial charge < -0.3 is 10.6 Å². The predicted molar refractivity (Wildman–Crippen MR) is 78.3 cm³/mol. The molecule has 1 aromatic rings. The highest BCUT2D eigenvalue weighted by Gasteiger charge is 2.24. The molecule has 0 radical (unpaired) electrons. The Bertz CT molecular complexity index is 566. The Labute approximate surface area is 127 Å². The van der Waals surface area contributed by atoms with Gasteiger partial charge in [0.1, 0.15) is 11.6 Å². The van der Waals surface area contributed by atoms with Crippen LogP contribution in [0.1, 0.15) is 19.8 Å². The first-order chi connectivity index (χ1) is 10.5. The molecule has 1 aliphatic rings. The van der Waals surface area contributed by atoms with E-state index in [2.05, 4.69) is 15.5 Å². The number of halogens is 2. The van der Waals surface area contributed by atoms with E-state index in [0.717, 1.165) is 38.1 Å². The molecule has 2 amide bonds. The second kappa shape index (κ2) is 7.31. The van der Waals surface area contributed by atoms with E-state index in [1.807, 2.05) is 6.92 Å². The van der Waals surface area contributed by atoms with Gasteiger partial charge in [-0.1, -0.05) is 6.92 Å². The van der Waals surface area contributed by atoms with Gasteiger partial charge in [0.2, 0.25) is 0 Å². The molecule has 120 valence electrons. The van der Waals surface area contributed by atoms with E-state index in [0.29, 0.717) is 12.6 Å². The minimum absolute atomic E-state index is 0.224. The summed E-state index contributed by atoms with van der Waals surface area (Å²) in [5, 5.41) is 4.68. The van der Waals surface area contributed by atoms with Crippen LogP contribution in [0.2, 0.25) is 0 Å². The lowest BCUT2D eigenvalue weighted by Gasteiger charge is -2.22. The van der Waals surface area contributed by atoms with Gasteiger partial charge in [0.25, 0.3) is 0 Å². The van der Waals surface area contributed by atoms with Crippen molar-refractivity contribution in [2.24, 2.45) is 0 Å². The lowest BCUT2D eigenvalue weighted by atomic mass is 10.2. The topological polar surface area (TPSA) is 61.4 Å². The Morgan fingerprint density at radius 3 is 2.77 bits per heavy atom. The van der Waals surface area contributed by atoms with Crippen LogP contribution in [-0.2, 0) is 9.59 Å². The average Bonchev–Trinajstić information content (AvgIpc) is 2.95. The fraction of sp³-hybridized carbons (Fsp3) is 0.467. The van der Waals surface area contributed by atoms with Crippen LogP contribution in [0.4, 0.5) is 14.5 Å². The quantitative estimate of drug-likeness (QED) is 0.829. The first-order valence-corrected chi connectivity index (χ1v) is 7.29. The van der Waals surface area contributed by atoms with E-state index in [4.69, 9.17) is 0 Å². The zero-order chi connectivity index (χ0) is 16.1. The number of hydrogen-bond acceptors (Lipinski definition) is 3. The number of carbonyl (C=O) groups excluding carboxylic acids is 2. The highest BCUT2D eigenvalue weighted by Crippen LogP contribution is 2.16. The summed E-state index contributed by atoms with van der Waals surface area (Å²) >= 11 is 0. The Kier molecular flexibility index (Phi) is 5.43. The number of likely N-dealkylation sites (tertiary alicyclic amines) is 1. The number of likely N-dealkylation sites (N-methyl/N-ethyl adjacent to an activating group) is 1. The van der Waals surface area contributed by atoms with E-state index >= 15 is 0 Å². The Morgan fingerprint density at radius 2 is 2.09 bits per heavy atom. The van der Waals surface area contributed by atoms with Crippen LogP contribution in [0.5, 0.6) is 0 Å². The monoisotopic (exact) mass is 311 g/mol. The third-order valence-electron chi connectivity index (χ3n) is 3.79. The third kappa shape index (κ3) is 4.00. The van der Waals surface area contributed by atoms with Crippen LogP contribution in [0, 0.1) is 11.6 Å². The zero-order valence-electron chi connectivity index (χ0n) is 12.4. The summed E-state index contributed by atoms with van der Waals surface area (Å²) in [5.41, 5.74) is -0.224. The molecule has 0 saturated carbocycles. The highest BCUT2D eigenvalue weighted by atomic mass is 19.1. The number of nitrogens with zero attached hydrogens (tertiary/aromatic N) is 1. The number of carbonyl (C=O) groups is 2. The minimum Gasteiger partial charge on any atom is -0.346 e. The van der Waals surface area contributed by atoms with E-state index in [9.17, 15) is 18.4 Å². The van der Waals surface area contributed by atoms with Crippen LogP contribution in [0.25, 0.3) is 0 Å². The summed E-state index contributed by atoms with van der Waals surface area (Å²) in [6.45, 7) is 4.31. The molecule has 1 heterocycles. The van der Waals surface area contributed by atoms with Crippen molar-refractivity contribution in [3.05, 3.63) is 29.8 Å². The van der Waals surface area contributed by atoms with Gasteiger partial charge in [-0.2, -0.15) is 0 Å². The molecule has 0 unspecified atom stereocenters. The zero-order valence-corrected chi connectivity index (χ0v) is 12.4. The summed E-state index contributed by atoms with van der Waals surface area (Å²) in [4.78, 5) is 25.7. The van der Waals surface area contributed by atoms with Gasteiger partial charge in [0.15, 0.2) is 0 Å². The number of rotatable bonds is 4. The largest absolute Gasteiger partial charge is 0.346 e. The molecule has 0 bridgehead atoms. The summed E-state index contributed by atoms with van der Waals surface area (Å²) < 4.78 is 26.2. The first-order valence-electron chi connectivity index (χ1n) is 7.29. The molecule has 2 rings (SSSR count). The fourth-order valence-corrected chi connectivity index (χ4v) is 2.60. The summed E-state index contributed by atoms with van der Waals surface area (Å²) in [5.74, 6) is -3.46. The predicted octanol–water partition coefficient (Wildman–Crippen LogP) is 1.50. The summed E-state index contributed by atoms with van der Waals surface area (Å²) in [6.07, 6.45) is 2.05. The van der Waals surface area contributed by atoms with Crippen LogP contribution >= 0.6 is 0 Å². The standard InChI is InChI=1S/C15H19F2N3O2/c1-2-20-7-3-4-11(20)9-18-14(21)15(22)19-13-6-5-10(16)8-12(13)17/h5-6,8,11H,2-4,7,9H2,1H3,(H,18,21)(H,19,22)/t11-/m1/s1. The molecule has 1 aliphatic heterocycles. The molecular formula is C15H19F2N3O2. The van der Waals surface area contributed by atoms with Crippen molar-refractivity contribution >= 4 is 17.5 Å². The van der Waals surface area contributed by atoms with Gasteiger partial charge in [-0.05, 0) is 38.1 Å². The van der Waals surface area contributed by atoms with E-state index in [1.54, 1.807) is 0 Å². The molecule has 1 fully saturated rings. The Morgan fingerprint density at radius 1 is 1.32 bits per heavy atom. The maximum absolute atomic E-state index is 13.4. The normalized spacial score (nSPS) is 18.2. The maximum Gasteiger partial charge on any atom is 0.313 e. The Balaban J connectivity index is 1.85. The lowest BCUT2D eigenvalue weighted by molar-refractivity contribution is -0.136. The van der Waals surface area contributed by atoms with E-state index < -0.39 is 23.4 Å². The molecule has 7 heteroatoms. The van der Waals surface area contributed by atoms with Crippen molar-refractivity contribution in [3.63, 3.8) is 0 Å². The number of benzene rings is 1. The molecule has 22 heavy (non-hydrogen) atoms. The first kappa shape index (κ1) is 16.4. The molecular weight excluding hydrogens is 292 g/mol. The Hall–Kier alpha value is -2.02.